The van der Waals surface area contributed by atoms with Gasteiger partial charge in [0.05, 0.1) is 26.2 Å². The van der Waals surface area contributed by atoms with Crippen molar-refractivity contribution in [1.29, 1.82) is 0 Å². The van der Waals surface area contributed by atoms with E-state index in [1.165, 1.54) is 0 Å². The van der Waals surface area contributed by atoms with Gasteiger partial charge in [-0.25, -0.2) is 14.4 Å². The molecule has 1 aliphatic heterocycles. The van der Waals surface area contributed by atoms with Crippen molar-refractivity contribution in [3.63, 3.8) is 0 Å². The fourth-order valence-electron chi connectivity index (χ4n) is 7.96. The first-order chi connectivity index (χ1) is 32.8. The molecule has 1 saturated heterocycles. The molecule has 2 atom stereocenters. The molecule has 25 heteroatoms. The van der Waals surface area contributed by atoms with Crippen molar-refractivity contribution in [3.8, 4) is 0 Å². The van der Waals surface area contributed by atoms with Crippen LogP contribution in [0.3, 0.4) is 0 Å². The third-order valence-electron chi connectivity index (χ3n) is 11.9. The van der Waals surface area contributed by atoms with Crippen molar-refractivity contribution < 1.29 is 78.6 Å². The highest BCUT2D eigenvalue weighted by Crippen LogP contribution is 2.28. The van der Waals surface area contributed by atoms with Crippen LogP contribution in [0.15, 0.2) is 24.3 Å². The maximum absolute atomic E-state index is 13.1. The molecule has 2 fully saturated rings. The molecule has 69 heavy (non-hydrogen) atoms. The van der Waals surface area contributed by atoms with Crippen LogP contribution >= 0.6 is 0 Å². The number of carbonyl (C=O) groups excluding carboxylic acids is 4. The summed E-state index contributed by atoms with van der Waals surface area (Å²) in [7, 11) is 0. The van der Waals surface area contributed by atoms with Crippen LogP contribution in [-0.4, -0.2) is 214 Å². The van der Waals surface area contributed by atoms with Crippen molar-refractivity contribution in [2.24, 2.45) is 11.8 Å². The maximum Gasteiger partial charge on any atom is 0.326 e. The molecular formula is C44H67N9O16. The molecule has 0 radical (unpaired) electrons. The quantitative estimate of drug-likeness (QED) is 0.0479. The summed E-state index contributed by atoms with van der Waals surface area (Å²) in [5.74, 6) is -7.95. The maximum atomic E-state index is 13.1. The van der Waals surface area contributed by atoms with Gasteiger partial charge in [0.25, 0.3) is 5.91 Å². The van der Waals surface area contributed by atoms with Gasteiger partial charge < -0.3 is 57.2 Å². The number of hydrogen-bond donors (Lipinski definition) is 11. The first-order valence-electron chi connectivity index (χ1n) is 23.0. The lowest BCUT2D eigenvalue weighted by Crippen LogP contribution is -2.51. The lowest BCUT2D eigenvalue weighted by Gasteiger charge is -2.32. The Balaban J connectivity index is 1.38. The Morgan fingerprint density at radius 2 is 1.00 bits per heavy atom. The molecule has 0 unspecified atom stereocenters. The van der Waals surface area contributed by atoms with Gasteiger partial charge in [-0.1, -0.05) is 12.1 Å². The van der Waals surface area contributed by atoms with Gasteiger partial charge >= 0.3 is 41.8 Å². The fourth-order valence-corrected chi connectivity index (χ4v) is 7.96. The number of urea groups is 1. The van der Waals surface area contributed by atoms with Gasteiger partial charge in [0.2, 0.25) is 11.8 Å². The van der Waals surface area contributed by atoms with E-state index < -0.39 is 60.4 Å². The van der Waals surface area contributed by atoms with E-state index >= 15 is 0 Å². The van der Waals surface area contributed by atoms with Crippen LogP contribution in [0.5, 0.6) is 0 Å². The Bertz CT molecular complexity index is 1880. The predicted octanol–water partition coefficient (Wildman–Crippen LogP) is -1.33. The Hall–Kier alpha value is -6.44. The third-order valence-corrected chi connectivity index (χ3v) is 11.9. The molecule has 5 amide bonds. The second-order valence-electron chi connectivity index (χ2n) is 17.3. The van der Waals surface area contributed by atoms with Crippen molar-refractivity contribution in [2.75, 3.05) is 91.6 Å². The van der Waals surface area contributed by atoms with Crippen LogP contribution in [-0.2, 0) is 44.9 Å². The highest BCUT2D eigenvalue weighted by Gasteiger charge is 2.28. The van der Waals surface area contributed by atoms with Gasteiger partial charge in [-0.15, -0.1) is 0 Å². The highest BCUT2D eigenvalue weighted by atomic mass is 16.4. The standard InChI is InChI=1S/C44H67N9O16/c54-35(25-50-15-17-51(26-37(57)58)19-21-53(28-39(61)62)22-20-52(18-16-50)27-38(59)60)46-23-29-4-10-32(11-5-29)41(64)47-24-30-6-8-31(9-7-30)40(63)45-14-2-1-3-33(42(65)66)48-44(69)49-34(43(67)68)12-13-36(55)56/h4-5,10-11,30-31,33-34H,1-3,6-9,12-28H2,(H,45,63)(H,46,54)(H,47,64)(H,55,56)(H,57,58)(H,59,60)(H,61,62)(H,65,66)(H,67,68)(H2,48,49,69)/t30?,31?,33-,34-/m0/s1. The minimum Gasteiger partial charge on any atom is -0.481 e. The number of aliphatic carboxylic acids is 6. The summed E-state index contributed by atoms with van der Waals surface area (Å²) in [6, 6.07) is 2.85. The van der Waals surface area contributed by atoms with Crippen LogP contribution in [0.4, 0.5) is 4.79 Å². The second-order valence-corrected chi connectivity index (χ2v) is 17.3. The number of hydrogen-bond acceptors (Lipinski definition) is 14. The zero-order chi connectivity index (χ0) is 50.9. The molecule has 2 aliphatic rings. The predicted molar refractivity (Wildman–Crippen MR) is 243 cm³/mol. The molecular weight excluding hydrogens is 911 g/mol. The Kier molecular flexibility index (Phi) is 24.8. The van der Waals surface area contributed by atoms with Crippen LogP contribution in [0.2, 0.25) is 0 Å². The van der Waals surface area contributed by atoms with E-state index in [-0.39, 0.29) is 121 Å². The summed E-state index contributed by atoms with van der Waals surface area (Å²) in [5, 5.41) is 68.7. The third kappa shape index (κ3) is 23.4. The zero-order valence-electron chi connectivity index (χ0n) is 38.6. The van der Waals surface area contributed by atoms with Gasteiger partial charge in [-0.2, -0.15) is 0 Å². The lowest BCUT2D eigenvalue weighted by atomic mass is 9.81. The second kappa shape index (κ2) is 30.1. The van der Waals surface area contributed by atoms with E-state index in [0.29, 0.717) is 50.9 Å². The number of rotatable bonds is 26. The molecule has 1 aromatic carbocycles. The topological polar surface area (TPSA) is 365 Å². The molecule has 25 nitrogen and oxygen atoms in total. The van der Waals surface area contributed by atoms with E-state index in [4.69, 9.17) is 5.11 Å². The molecule has 0 spiro atoms. The number of amides is 5. The van der Waals surface area contributed by atoms with Crippen LogP contribution in [0.1, 0.15) is 73.7 Å². The number of carboxylic acid groups (broad SMARTS) is 6. The number of carbonyl (C=O) groups is 10. The zero-order valence-corrected chi connectivity index (χ0v) is 38.6. The summed E-state index contributed by atoms with van der Waals surface area (Å²) in [6.07, 6.45) is 2.54. The summed E-state index contributed by atoms with van der Waals surface area (Å²) >= 11 is 0. The summed E-state index contributed by atoms with van der Waals surface area (Å²) < 4.78 is 0. The monoisotopic (exact) mass is 977 g/mol. The van der Waals surface area contributed by atoms with Crippen molar-refractivity contribution in [1.82, 2.24) is 46.2 Å². The highest BCUT2D eigenvalue weighted by molar-refractivity contribution is 5.94. The van der Waals surface area contributed by atoms with Crippen molar-refractivity contribution >= 4 is 59.6 Å². The van der Waals surface area contributed by atoms with E-state index in [9.17, 15) is 73.5 Å². The molecule has 11 N–H and O–H groups in total. The van der Waals surface area contributed by atoms with Crippen molar-refractivity contribution in [3.05, 3.63) is 35.4 Å². The van der Waals surface area contributed by atoms with Gasteiger partial charge in [0.15, 0.2) is 0 Å². The minimum atomic E-state index is -1.51. The Labute approximate surface area is 398 Å². The number of nitrogens with zero attached hydrogens (tertiary/aromatic N) is 4. The van der Waals surface area contributed by atoms with Crippen molar-refractivity contribution in [2.45, 2.75) is 76.4 Å². The molecule has 0 aromatic heterocycles. The lowest BCUT2D eigenvalue weighted by molar-refractivity contribution is -0.141. The first kappa shape index (κ1) is 56.9. The molecule has 1 saturated carbocycles. The first-order valence-corrected chi connectivity index (χ1v) is 23.0. The molecule has 1 aromatic rings. The van der Waals surface area contributed by atoms with Crippen LogP contribution in [0.25, 0.3) is 0 Å². The van der Waals surface area contributed by atoms with E-state index in [2.05, 4.69) is 26.6 Å². The van der Waals surface area contributed by atoms with Gasteiger partial charge in [0.1, 0.15) is 12.1 Å². The van der Waals surface area contributed by atoms with Gasteiger partial charge in [-0.3, -0.25) is 53.2 Å². The summed E-state index contributed by atoms with van der Waals surface area (Å²) in [5.41, 5.74) is 1.16. The van der Waals surface area contributed by atoms with E-state index in [1.54, 1.807) is 39.0 Å². The normalized spacial score (nSPS) is 18.7. The average molecular weight is 978 g/mol. The average Bonchev–Trinajstić information content (AvgIpc) is 3.28. The fraction of sp³-hybridized carbons (Fsp3) is 0.636. The Morgan fingerprint density at radius 1 is 0.536 bits per heavy atom. The SMILES string of the molecule is O=C(O)CC[C@H](NC(=O)N[C@@H](CCCCNC(=O)C1CCC(CNC(=O)c2ccc(CNC(=O)CN3CCN(CC(=O)O)CCN(CC(=O)O)CCN(CC(=O)O)CC3)cc2)CC1)C(=O)O)C(=O)O. The smallest absolute Gasteiger partial charge is 0.326 e. The van der Waals surface area contributed by atoms with E-state index in [0.717, 1.165) is 18.4 Å². The largest absolute Gasteiger partial charge is 0.481 e. The summed E-state index contributed by atoms with van der Waals surface area (Å²) in [4.78, 5) is 126. The molecule has 3 rings (SSSR count). The summed E-state index contributed by atoms with van der Waals surface area (Å²) in [6.45, 7) is 2.21. The number of benzene rings is 1. The number of carboxylic acids is 6. The molecule has 1 aliphatic carbocycles. The number of unbranched alkanes of at least 4 members (excludes halogenated alkanes) is 1. The van der Waals surface area contributed by atoms with Crippen LogP contribution in [0, 0.1) is 11.8 Å². The minimum absolute atomic E-state index is 0.00648. The molecule has 0 bridgehead atoms. The molecule has 1 heterocycles. The van der Waals surface area contributed by atoms with Crippen LogP contribution < -0.4 is 26.6 Å². The number of nitrogens with one attached hydrogen (secondary N) is 5. The Morgan fingerprint density at radius 3 is 1.45 bits per heavy atom. The molecule has 384 valence electrons. The van der Waals surface area contributed by atoms with Gasteiger partial charge in [0, 0.05) is 89.9 Å². The van der Waals surface area contributed by atoms with E-state index in [1.807, 2.05) is 4.90 Å². The van der Waals surface area contributed by atoms with Gasteiger partial charge in [-0.05, 0) is 75.0 Å².